The van der Waals surface area contributed by atoms with Crippen LogP contribution in [0.25, 0.3) is 0 Å². The molecule has 2 heterocycles. The third-order valence-electron chi connectivity index (χ3n) is 2.51. The van der Waals surface area contributed by atoms with E-state index in [4.69, 9.17) is 4.74 Å². The smallest absolute Gasteiger partial charge is 0.137 e. The average molecular weight is 328 g/mol. The second kappa shape index (κ2) is 5.82. The first kappa shape index (κ1) is 13.5. The summed E-state index contributed by atoms with van der Waals surface area (Å²) in [4.78, 5) is 4.98. The van der Waals surface area contributed by atoms with Crippen LogP contribution in [-0.4, -0.2) is 16.7 Å². The van der Waals surface area contributed by atoms with Crippen molar-refractivity contribution >= 4 is 27.3 Å². The molecule has 0 aromatic carbocycles. The van der Waals surface area contributed by atoms with Crippen LogP contribution in [0.5, 0.6) is 5.75 Å². The van der Waals surface area contributed by atoms with E-state index in [1.807, 2.05) is 26.0 Å². The molecular formula is C13H14BrNO2S. The minimum Gasteiger partial charge on any atom is -0.492 e. The van der Waals surface area contributed by atoms with Crippen molar-refractivity contribution in [3.63, 3.8) is 0 Å². The molecule has 0 saturated heterocycles. The van der Waals surface area contributed by atoms with E-state index in [1.165, 1.54) is 11.3 Å². The van der Waals surface area contributed by atoms with E-state index in [-0.39, 0.29) is 0 Å². The molecule has 0 spiro atoms. The lowest BCUT2D eigenvalue weighted by atomic mass is 10.1. The summed E-state index contributed by atoms with van der Waals surface area (Å²) in [5.74, 6) is 0.682. The Kier molecular flexibility index (Phi) is 4.37. The van der Waals surface area contributed by atoms with Gasteiger partial charge in [-0.2, -0.15) is 0 Å². The minimum absolute atomic E-state index is 0.588. The van der Waals surface area contributed by atoms with E-state index in [1.54, 1.807) is 12.4 Å². The van der Waals surface area contributed by atoms with Gasteiger partial charge in [0.2, 0.25) is 0 Å². The summed E-state index contributed by atoms with van der Waals surface area (Å²) in [6.07, 6.45) is 2.65. The number of rotatable bonds is 4. The first-order valence-electron chi connectivity index (χ1n) is 5.63. The topological polar surface area (TPSA) is 42.4 Å². The average Bonchev–Trinajstić information content (AvgIpc) is 2.69. The molecule has 5 heteroatoms. The monoisotopic (exact) mass is 327 g/mol. The third kappa shape index (κ3) is 2.91. The number of thiophene rings is 1. The maximum Gasteiger partial charge on any atom is 0.137 e. The van der Waals surface area contributed by atoms with Crippen molar-refractivity contribution in [3.8, 4) is 5.75 Å². The summed E-state index contributed by atoms with van der Waals surface area (Å²) in [5, 5.41) is 10.3. The highest BCUT2D eigenvalue weighted by atomic mass is 79.9. The predicted octanol–water partition coefficient (Wildman–Crippen LogP) is 3.69. The first-order chi connectivity index (χ1) is 8.61. The zero-order valence-electron chi connectivity index (χ0n) is 10.2. The van der Waals surface area contributed by atoms with Crippen molar-refractivity contribution in [3.05, 3.63) is 44.3 Å². The Bertz CT molecular complexity index is 522. The highest BCUT2D eigenvalue weighted by Crippen LogP contribution is 2.34. The number of aryl methyl sites for hydroxylation is 1. The zero-order chi connectivity index (χ0) is 13.1. The van der Waals surface area contributed by atoms with Crippen molar-refractivity contribution in [2.75, 3.05) is 6.61 Å². The number of aliphatic hydroxyl groups excluding tert-OH is 1. The van der Waals surface area contributed by atoms with E-state index < -0.39 is 6.10 Å². The van der Waals surface area contributed by atoms with Gasteiger partial charge in [0, 0.05) is 16.6 Å². The molecule has 0 aliphatic rings. The quantitative estimate of drug-likeness (QED) is 0.931. The van der Waals surface area contributed by atoms with Crippen LogP contribution in [0.1, 0.15) is 29.0 Å². The Morgan fingerprint density at radius 1 is 1.44 bits per heavy atom. The van der Waals surface area contributed by atoms with Crippen molar-refractivity contribution < 1.29 is 9.84 Å². The van der Waals surface area contributed by atoms with Crippen molar-refractivity contribution in [2.45, 2.75) is 20.0 Å². The molecule has 1 unspecified atom stereocenters. The Hall–Kier alpha value is -0.910. The number of hydrogen-bond donors (Lipinski definition) is 1. The third-order valence-corrected chi connectivity index (χ3v) is 4.70. The Morgan fingerprint density at radius 2 is 2.22 bits per heavy atom. The predicted molar refractivity (Wildman–Crippen MR) is 76.2 cm³/mol. The Balaban J connectivity index is 2.27. The molecule has 0 bridgehead atoms. The lowest BCUT2D eigenvalue weighted by Gasteiger charge is -2.10. The molecule has 0 aliphatic heterocycles. The van der Waals surface area contributed by atoms with Crippen LogP contribution < -0.4 is 4.74 Å². The molecule has 2 aromatic rings. The molecule has 0 radical (unpaired) electrons. The van der Waals surface area contributed by atoms with E-state index in [0.717, 1.165) is 19.8 Å². The van der Waals surface area contributed by atoms with Gasteiger partial charge in [-0.1, -0.05) is 0 Å². The summed E-state index contributed by atoms with van der Waals surface area (Å²) in [6, 6.07) is 3.80. The normalized spacial score (nSPS) is 12.4. The molecule has 0 amide bonds. The molecule has 2 aromatic heterocycles. The number of nitrogens with zero attached hydrogens (tertiary/aromatic N) is 1. The molecule has 1 atom stereocenters. The fourth-order valence-corrected chi connectivity index (χ4v) is 3.20. The summed E-state index contributed by atoms with van der Waals surface area (Å²) in [6.45, 7) is 4.51. The van der Waals surface area contributed by atoms with E-state index in [2.05, 4.69) is 20.9 Å². The molecule has 0 aliphatic carbocycles. The molecule has 96 valence electrons. The maximum absolute atomic E-state index is 10.3. The molecule has 2 rings (SSSR count). The number of halogens is 1. The van der Waals surface area contributed by atoms with Crippen LogP contribution in [0.2, 0.25) is 0 Å². The molecule has 18 heavy (non-hydrogen) atoms. The summed E-state index contributed by atoms with van der Waals surface area (Å²) < 4.78 is 6.43. The standard InChI is InChI=1S/C13H14BrNO2S/c1-3-17-10-5-9(6-15-7-10)12(16)11-4-8(2)13(14)18-11/h4-7,12,16H,3H2,1-2H3. The number of pyridine rings is 1. The van der Waals surface area contributed by atoms with Gasteiger partial charge < -0.3 is 9.84 Å². The van der Waals surface area contributed by atoms with Crippen LogP contribution in [0, 0.1) is 6.92 Å². The number of hydrogen-bond acceptors (Lipinski definition) is 4. The van der Waals surface area contributed by atoms with Gasteiger partial charge in [-0.3, -0.25) is 4.98 Å². The Morgan fingerprint density at radius 3 is 2.83 bits per heavy atom. The van der Waals surface area contributed by atoms with Crippen LogP contribution in [0.3, 0.4) is 0 Å². The Labute approximate surface area is 119 Å². The van der Waals surface area contributed by atoms with Crippen molar-refractivity contribution in [2.24, 2.45) is 0 Å². The van der Waals surface area contributed by atoms with E-state index in [0.29, 0.717) is 12.4 Å². The molecule has 0 fully saturated rings. The lowest BCUT2D eigenvalue weighted by molar-refractivity contribution is 0.222. The van der Waals surface area contributed by atoms with E-state index in [9.17, 15) is 5.11 Å². The van der Waals surface area contributed by atoms with Gasteiger partial charge >= 0.3 is 0 Å². The minimum atomic E-state index is -0.659. The molecular weight excluding hydrogens is 314 g/mol. The highest BCUT2D eigenvalue weighted by Gasteiger charge is 2.15. The van der Waals surface area contributed by atoms with Crippen molar-refractivity contribution in [1.82, 2.24) is 4.98 Å². The van der Waals surface area contributed by atoms with Crippen LogP contribution >= 0.6 is 27.3 Å². The number of aliphatic hydroxyl groups is 1. The summed E-state index contributed by atoms with van der Waals surface area (Å²) >= 11 is 5.00. The van der Waals surface area contributed by atoms with Gasteiger partial charge in [-0.15, -0.1) is 11.3 Å². The van der Waals surface area contributed by atoms with E-state index >= 15 is 0 Å². The summed E-state index contributed by atoms with van der Waals surface area (Å²) in [7, 11) is 0. The van der Waals surface area contributed by atoms with Crippen LogP contribution in [-0.2, 0) is 0 Å². The van der Waals surface area contributed by atoms with Gasteiger partial charge in [0.25, 0.3) is 0 Å². The fraction of sp³-hybridized carbons (Fsp3) is 0.308. The summed E-state index contributed by atoms with van der Waals surface area (Å²) in [5.41, 5.74) is 1.87. The van der Waals surface area contributed by atoms with Gasteiger partial charge in [-0.25, -0.2) is 0 Å². The van der Waals surface area contributed by atoms with Crippen molar-refractivity contribution in [1.29, 1.82) is 0 Å². The highest BCUT2D eigenvalue weighted by molar-refractivity contribution is 9.11. The number of ether oxygens (including phenoxy) is 1. The molecule has 1 N–H and O–H groups in total. The van der Waals surface area contributed by atoms with Crippen LogP contribution in [0.4, 0.5) is 0 Å². The second-order valence-electron chi connectivity index (χ2n) is 3.90. The zero-order valence-corrected chi connectivity index (χ0v) is 12.6. The first-order valence-corrected chi connectivity index (χ1v) is 7.24. The second-order valence-corrected chi connectivity index (χ2v) is 6.30. The molecule has 3 nitrogen and oxygen atoms in total. The van der Waals surface area contributed by atoms with Gasteiger partial charge in [-0.05, 0) is 47.5 Å². The SMILES string of the molecule is CCOc1cncc(C(O)c2cc(C)c(Br)s2)c1. The van der Waals surface area contributed by atoms with Crippen LogP contribution in [0.15, 0.2) is 28.3 Å². The van der Waals surface area contributed by atoms with Gasteiger partial charge in [0.05, 0.1) is 16.6 Å². The largest absolute Gasteiger partial charge is 0.492 e. The van der Waals surface area contributed by atoms with Gasteiger partial charge in [0.15, 0.2) is 0 Å². The molecule has 0 saturated carbocycles. The fourth-order valence-electron chi connectivity index (χ4n) is 1.61. The number of aromatic nitrogens is 1. The maximum atomic E-state index is 10.3. The lowest BCUT2D eigenvalue weighted by Crippen LogP contribution is -2.00. The van der Waals surface area contributed by atoms with Gasteiger partial charge in [0.1, 0.15) is 11.9 Å².